The zero-order valence-electron chi connectivity index (χ0n) is 19.7. The molecule has 0 radical (unpaired) electrons. The first kappa shape index (κ1) is 24.5. The Bertz CT molecular complexity index is 1710. The lowest BCUT2D eigenvalue weighted by Gasteiger charge is -2.14. The van der Waals surface area contributed by atoms with Gasteiger partial charge in [-0.1, -0.05) is 72.3 Å². The largest absolute Gasteiger partial charge is 0.494 e. The van der Waals surface area contributed by atoms with Gasteiger partial charge in [0.1, 0.15) is 10.6 Å². The van der Waals surface area contributed by atoms with Crippen molar-refractivity contribution in [2.75, 3.05) is 6.61 Å². The van der Waals surface area contributed by atoms with Gasteiger partial charge < -0.3 is 9.84 Å². The summed E-state index contributed by atoms with van der Waals surface area (Å²) in [6.45, 7) is 1.97. The minimum Gasteiger partial charge on any atom is -0.494 e. The van der Waals surface area contributed by atoms with E-state index in [0.717, 1.165) is 5.56 Å². The van der Waals surface area contributed by atoms with Crippen LogP contribution in [0.25, 0.3) is 27.6 Å². The Kier molecular flexibility index (Phi) is 6.90. The number of aliphatic imine (C=N–C) groups is 1. The highest BCUT2D eigenvalue weighted by Gasteiger charge is 2.22. The average molecular weight is 529 g/mol. The second-order valence-corrected chi connectivity index (χ2v) is 9.31. The molecule has 3 aromatic carbocycles. The van der Waals surface area contributed by atoms with E-state index in [1.54, 1.807) is 55.5 Å². The summed E-state index contributed by atoms with van der Waals surface area (Å²) in [5.74, 6) is -0.789. The molecule has 0 spiro atoms. The van der Waals surface area contributed by atoms with Gasteiger partial charge in [0.25, 0.3) is 5.56 Å². The molecule has 0 bridgehead atoms. The number of hydrogen-bond donors (Lipinski definition) is 1. The summed E-state index contributed by atoms with van der Waals surface area (Å²) >= 11 is 7.66. The van der Waals surface area contributed by atoms with Gasteiger partial charge >= 0.3 is 5.97 Å². The molecule has 6 nitrogen and oxygen atoms in total. The van der Waals surface area contributed by atoms with Gasteiger partial charge in [-0.25, -0.2) is 14.4 Å². The Balaban J connectivity index is 1.71. The van der Waals surface area contributed by atoms with E-state index in [-0.39, 0.29) is 12.5 Å². The summed E-state index contributed by atoms with van der Waals surface area (Å²) in [4.78, 5) is 30.9. The molecular formula is C29H21ClN2O4S. The first-order chi connectivity index (χ1) is 18.0. The van der Waals surface area contributed by atoms with Crippen LogP contribution in [0.2, 0.25) is 5.02 Å². The van der Waals surface area contributed by atoms with Crippen molar-refractivity contribution in [1.82, 2.24) is 4.57 Å². The van der Waals surface area contributed by atoms with Crippen molar-refractivity contribution in [2.24, 2.45) is 4.99 Å². The number of rotatable bonds is 6. The van der Waals surface area contributed by atoms with Crippen molar-refractivity contribution in [3.63, 3.8) is 0 Å². The van der Waals surface area contributed by atoms with Gasteiger partial charge in [-0.3, -0.25) is 4.79 Å². The molecular weight excluding hydrogens is 508 g/mol. The van der Waals surface area contributed by atoms with Crippen LogP contribution in [-0.4, -0.2) is 28.5 Å². The van der Waals surface area contributed by atoms with Crippen LogP contribution in [0.4, 0.5) is 5.00 Å². The molecule has 5 rings (SSSR count). The van der Waals surface area contributed by atoms with Crippen molar-refractivity contribution >= 4 is 50.9 Å². The van der Waals surface area contributed by atoms with Gasteiger partial charge in [-0.05, 0) is 30.7 Å². The number of esters is 1. The monoisotopic (exact) mass is 528 g/mol. The van der Waals surface area contributed by atoms with Crippen LogP contribution in [-0.2, 0) is 4.74 Å². The lowest BCUT2D eigenvalue weighted by atomic mass is 10.0. The number of para-hydroxylation sites is 1. The van der Waals surface area contributed by atoms with Crippen LogP contribution in [0.15, 0.2) is 94.0 Å². The zero-order valence-corrected chi connectivity index (χ0v) is 21.3. The molecule has 184 valence electrons. The van der Waals surface area contributed by atoms with Gasteiger partial charge in [0.2, 0.25) is 5.88 Å². The molecule has 0 fully saturated rings. The van der Waals surface area contributed by atoms with Crippen molar-refractivity contribution < 1.29 is 14.6 Å². The van der Waals surface area contributed by atoms with Crippen molar-refractivity contribution in [3.05, 3.63) is 111 Å². The predicted molar refractivity (Wildman–Crippen MR) is 149 cm³/mol. The van der Waals surface area contributed by atoms with E-state index < -0.39 is 11.5 Å². The number of benzene rings is 3. The number of aromatic nitrogens is 1. The summed E-state index contributed by atoms with van der Waals surface area (Å²) < 4.78 is 6.49. The molecule has 2 heterocycles. The lowest BCUT2D eigenvalue weighted by Crippen LogP contribution is -2.20. The lowest BCUT2D eigenvalue weighted by molar-refractivity contribution is 0.0529. The maximum atomic E-state index is 13.3. The van der Waals surface area contributed by atoms with E-state index in [2.05, 4.69) is 4.99 Å². The van der Waals surface area contributed by atoms with Gasteiger partial charge in [0.15, 0.2) is 0 Å². The molecule has 5 aromatic rings. The van der Waals surface area contributed by atoms with Gasteiger partial charge in [0.05, 0.1) is 22.9 Å². The number of thiophene rings is 1. The van der Waals surface area contributed by atoms with E-state index in [4.69, 9.17) is 16.3 Å². The van der Waals surface area contributed by atoms with E-state index in [9.17, 15) is 14.7 Å². The fraction of sp³-hybridized carbons (Fsp3) is 0.0690. The highest BCUT2D eigenvalue weighted by molar-refractivity contribution is 7.14. The third-order valence-electron chi connectivity index (χ3n) is 5.84. The number of carbonyl (C=O) groups is 1. The second-order valence-electron chi connectivity index (χ2n) is 8.05. The maximum absolute atomic E-state index is 13.3. The Morgan fingerprint density at radius 1 is 1.03 bits per heavy atom. The topological polar surface area (TPSA) is 80.9 Å². The molecule has 0 atom stereocenters. The molecule has 0 saturated heterocycles. The summed E-state index contributed by atoms with van der Waals surface area (Å²) in [5.41, 5.74) is 2.18. The van der Waals surface area contributed by atoms with Gasteiger partial charge in [-0.15, -0.1) is 11.3 Å². The van der Waals surface area contributed by atoms with Crippen LogP contribution in [0.3, 0.4) is 0 Å². The molecule has 0 amide bonds. The van der Waals surface area contributed by atoms with E-state index in [0.29, 0.717) is 43.2 Å². The fourth-order valence-electron chi connectivity index (χ4n) is 4.14. The Hall–Kier alpha value is -4.20. The molecule has 0 unspecified atom stereocenters. The highest BCUT2D eigenvalue weighted by Crippen LogP contribution is 2.38. The van der Waals surface area contributed by atoms with Crippen LogP contribution in [0.5, 0.6) is 5.88 Å². The first-order valence-corrected chi connectivity index (χ1v) is 12.8. The number of halogens is 1. The molecule has 0 aliphatic heterocycles. The van der Waals surface area contributed by atoms with Crippen LogP contribution in [0, 0.1) is 0 Å². The summed E-state index contributed by atoms with van der Waals surface area (Å²) in [7, 11) is 0. The van der Waals surface area contributed by atoms with Gasteiger partial charge in [0, 0.05) is 27.9 Å². The summed E-state index contributed by atoms with van der Waals surface area (Å²) in [6.07, 6.45) is 1.47. The number of nitrogens with zero attached hydrogens (tertiary/aromatic N) is 2. The average Bonchev–Trinajstić information content (AvgIpc) is 3.34. The van der Waals surface area contributed by atoms with Gasteiger partial charge in [-0.2, -0.15) is 0 Å². The van der Waals surface area contributed by atoms with Crippen LogP contribution in [0.1, 0.15) is 22.8 Å². The molecule has 1 N–H and O–H groups in total. The highest BCUT2D eigenvalue weighted by atomic mass is 35.5. The molecule has 8 heteroatoms. The fourth-order valence-corrected chi connectivity index (χ4v) is 5.27. The Labute approximate surface area is 221 Å². The number of fused-ring (bicyclic) bond motifs is 1. The number of carbonyl (C=O) groups excluding carboxylic acids is 1. The quantitative estimate of drug-likeness (QED) is 0.190. The van der Waals surface area contributed by atoms with E-state index in [1.165, 1.54) is 22.1 Å². The minimum atomic E-state index is -0.482. The summed E-state index contributed by atoms with van der Waals surface area (Å²) in [5, 5.41) is 14.8. The number of hydrogen-bond acceptors (Lipinski definition) is 6. The summed E-state index contributed by atoms with van der Waals surface area (Å²) in [6, 6.07) is 23.3. The molecule has 0 aliphatic carbocycles. The van der Waals surface area contributed by atoms with Crippen molar-refractivity contribution in [1.29, 1.82) is 0 Å². The third kappa shape index (κ3) is 4.55. The minimum absolute atomic E-state index is 0.223. The SMILES string of the molecule is CCOC(=O)c1c(-c2ccccc2)csc1/N=C/c1c(O)n(-c2ccccc2Cl)c(=O)c2ccccc12. The zero-order chi connectivity index (χ0) is 25.9. The number of ether oxygens (including phenoxy) is 1. The van der Waals surface area contributed by atoms with Crippen molar-refractivity contribution in [3.8, 4) is 22.7 Å². The Morgan fingerprint density at radius 3 is 2.43 bits per heavy atom. The standard InChI is InChI=1S/C29H21ClN2O4S/c1-2-36-29(35)25-22(18-10-4-3-5-11-18)17-37-26(25)31-16-21-19-12-6-7-13-20(19)27(33)32(28(21)34)24-15-9-8-14-23(24)30/h3-17,34H,2H2,1H3/b31-16+. The van der Waals surface area contributed by atoms with E-state index in [1.807, 2.05) is 35.7 Å². The molecule has 0 saturated carbocycles. The van der Waals surface area contributed by atoms with E-state index >= 15 is 0 Å². The molecule has 37 heavy (non-hydrogen) atoms. The molecule has 0 aliphatic rings. The second kappa shape index (κ2) is 10.4. The maximum Gasteiger partial charge on any atom is 0.341 e. The van der Waals surface area contributed by atoms with Crippen LogP contribution < -0.4 is 5.56 Å². The van der Waals surface area contributed by atoms with Crippen LogP contribution >= 0.6 is 22.9 Å². The normalized spacial score (nSPS) is 11.3. The van der Waals surface area contributed by atoms with Crippen molar-refractivity contribution in [2.45, 2.75) is 6.92 Å². The predicted octanol–water partition coefficient (Wildman–Crippen LogP) is 7.01. The number of aromatic hydroxyl groups is 1. The smallest absolute Gasteiger partial charge is 0.341 e. The first-order valence-electron chi connectivity index (χ1n) is 11.5. The third-order valence-corrected chi connectivity index (χ3v) is 7.05. The molecule has 2 aromatic heterocycles. The number of pyridine rings is 1. The Morgan fingerprint density at radius 2 is 1.70 bits per heavy atom.